The van der Waals surface area contributed by atoms with Gasteiger partial charge in [0.15, 0.2) is 0 Å². The molecule has 6 heteroatoms. The topological polar surface area (TPSA) is 55.9 Å². The zero-order chi connectivity index (χ0) is 14.0. The third-order valence-corrected chi connectivity index (χ3v) is 3.39. The third kappa shape index (κ3) is 3.37. The Balaban J connectivity index is 1.95. The van der Waals surface area contributed by atoms with E-state index in [1.165, 1.54) is 11.3 Å². The lowest BCUT2D eigenvalue weighted by molar-refractivity contribution is 0.0132. The predicted octanol–water partition coefficient (Wildman–Crippen LogP) is 1.63. The molecule has 0 aromatic heterocycles. The van der Waals surface area contributed by atoms with Crippen molar-refractivity contribution < 1.29 is 9.59 Å². The number of imide groups is 1. The first kappa shape index (κ1) is 14.1. The van der Waals surface area contributed by atoms with Gasteiger partial charge < -0.3 is 5.32 Å². The zero-order valence-corrected chi connectivity index (χ0v) is 12.1. The number of urea groups is 2. The molecule has 2 rings (SSSR count). The van der Waals surface area contributed by atoms with Gasteiger partial charge in [-0.1, -0.05) is 6.42 Å². The Kier molecular flexibility index (Phi) is 3.99. The molecule has 0 radical (unpaired) electrons. The lowest BCUT2D eigenvalue weighted by Crippen LogP contribution is -2.52. The molecule has 108 valence electrons. The molecule has 2 saturated heterocycles. The number of hydrazine groups is 1. The van der Waals surface area contributed by atoms with Crippen LogP contribution in [-0.2, 0) is 0 Å². The normalized spacial score (nSPS) is 21.9. The van der Waals surface area contributed by atoms with E-state index in [0.717, 1.165) is 25.9 Å². The summed E-state index contributed by atoms with van der Waals surface area (Å²) in [5.41, 5.74) is -0.324. The number of amides is 4. The summed E-state index contributed by atoms with van der Waals surface area (Å²) in [5, 5.41) is 6.64. The highest BCUT2D eigenvalue weighted by molar-refractivity contribution is 5.95. The van der Waals surface area contributed by atoms with Gasteiger partial charge in [0, 0.05) is 18.6 Å². The maximum Gasteiger partial charge on any atom is 0.342 e. The second-order valence-corrected chi connectivity index (χ2v) is 6.25. The largest absolute Gasteiger partial charge is 0.342 e. The summed E-state index contributed by atoms with van der Waals surface area (Å²) in [7, 11) is 0. The van der Waals surface area contributed by atoms with E-state index >= 15 is 0 Å². The standard InChI is InChI=1S/C13H24N4O2/c1-13(2,3)14-11(18)16-9-10-17(12(16)19)15-7-5-4-6-8-15/h4-10H2,1-3H3,(H,14,18). The van der Waals surface area contributed by atoms with E-state index in [0.29, 0.717) is 13.1 Å². The molecule has 0 aliphatic carbocycles. The van der Waals surface area contributed by atoms with Crippen molar-refractivity contribution in [1.29, 1.82) is 0 Å². The molecule has 0 atom stereocenters. The molecule has 0 saturated carbocycles. The maximum atomic E-state index is 12.3. The van der Waals surface area contributed by atoms with Gasteiger partial charge in [0.2, 0.25) is 0 Å². The fraction of sp³-hybridized carbons (Fsp3) is 0.846. The summed E-state index contributed by atoms with van der Waals surface area (Å²) < 4.78 is 0. The number of nitrogens with zero attached hydrogens (tertiary/aromatic N) is 3. The average Bonchev–Trinajstić information content (AvgIpc) is 2.70. The van der Waals surface area contributed by atoms with Crippen LogP contribution < -0.4 is 5.32 Å². The van der Waals surface area contributed by atoms with Crippen molar-refractivity contribution in [3.05, 3.63) is 0 Å². The molecule has 6 nitrogen and oxygen atoms in total. The quantitative estimate of drug-likeness (QED) is 0.786. The molecule has 0 aromatic carbocycles. The fourth-order valence-corrected chi connectivity index (χ4v) is 2.48. The molecule has 19 heavy (non-hydrogen) atoms. The van der Waals surface area contributed by atoms with Gasteiger partial charge in [0.25, 0.3) is 0 Å². The van der Waals surface area contributed by atoms with Gasteiger partial charge >= 0.3 is 12.1 Å². The molecular formula is C13H24N4O2. The highest BCUT2D eigenvalue weighted by Gasteiger charge is 2.37. The van der Waals surface area contributed by atoms with Crippen LogP contribution in [-0.4, -0.2) is 58.7 Å². The second kappa shape index (κ2) is 5.36. The molecule has 4 amide bonds. The first-order chi connectivity index (χ1) is 8.88. The lowest BCUT2D eigenvalue weighted by Gasteiger charge is -2.34. The molecule has 2 aliphatic rings. The van der Waals surface area contributed by atoms with Gasteiger partial charge in [-0.15, -0.1) is 0 Å². The van der Waals surface area contributed by atoms with Crippen LogP contribution in [0.25, 0.3) is 0 Å². The number of hydrogen-bond donors (Lipinski definition) is 1. The third-order valence-electron chi connectivity index (χ3n) is 3.39. The van der Waals surface area contributed by atoms with Crippen LogP contribution in [0.15, 0.2) is 0 Å². The smallest absolute Gasteiger partial charge is 0.333 e. The minimum atomic E-state index is -0.324. The molecule has 0 spiro atoms. The molecule has 2 heterocycles. The van der Waals surface area contributed by atoms with Crippen molar-refractivity contribution in [2.75, 3.05) is 26.2 Å². The van der Waals surface area contributed by atoms with Crippen LogP contribution in [0, 0.1) is 0 Å². The molecule has 2 fully saturated rings. The van der Waals surface area contributed by atoms with E-state index in [2.05, 4.69) is 10.3 Å². The Hall–Kier alpha value is -1.30. The van der Waals surface area contributed by atoms with E-state index in [-0.39, 0.29) is 17.6 Å². The van der Waals surface area contributed by atoms with Crippen LogP contribution in [0.1, 0.15) is 40.0 Å². The Bertz CT molecular complexity index is 358. The second-order valence-electron chi connectivity index (χ2n) is 6.25. The van der Waals surface area contributed by atoms with E-state index in [9.17, 15) is 9.59 Å². The van der Waals surface area contributed by atoms with Gasteiger partial charge in [-0.25, -0.2) is 19.5 Å². The number of hydrogen-bond acceptors (Lipinski definition) is 3. The van der Waals surface area contributed by atoms with Crippen LogP contribution >= 0.6 is 0 Å². The summed E-state index contributed by atoms with van der Waals surface area (Å²) in [6, 6.07) is -0.486. The van der Waals surface area contributed by atoms with Gasteiger partial charge in [-0.05, 0) is 33.6 Å². The summed E-state index contributed by atoms with van der Waals surface area (Å²) in [5.74, 6) is 0. The summed E-state index contributed by atoms with van der Waals surface area (Å²) >= 11 is 0. The zero-order valence-electron chi connectivity index (χ0n) is 12.1. The molecular weight excluding hydrogens is 244 g/mol. The van der Waals surface area contributed by atoms with Crippen molar-refractivity contribution in [3.63, 3.8) is 0 Å². The first-order valence-corrected chi connectivity index (χ1v) is 7.04. The number of piperidine rings is 1. The number of carbonyl (C=O) groups excluding carboxylic acids is 2. The number of rotatable bonds is 1. The molecule has 0 unspecified atom stereocenters. The minimum Gasteiger partial charge on any atom is -0.333 e. The van der Waals surface area contributed by atoms with E-state index in [4.69, 9.17) is 0 Å². The van der Waals surface area contributed by atoms with Crippen molar-refractivity contribution in [2.24, 2.45) is 0 Å². The van der Waals surface area contributed by atoms with Crippen molar-refractivity contribution >= 4 is 12.1 Å². The monoisotopic (exact) mass is 268 g/mol. The minimum absolute atomic E-state index is 0.191. The van der Waals surface area contributed by atoms with E-state index in [1.54, 1.807) is 5.01 Å². The molecule has 0 bridgehead atoms. The van der Waals surface area contributed by atoms with Crippen LogP contribution in [0.4, 0.5) is 9.59 Å². The van der Waals surface area contributed by atoms with Gasteiger partial charge in [-0.3, -0.25) is 5.01 Å². The van der Waals surface area contributed by atoms with E-state index in [1.807, 2.05) is 20.8 Å². The van der Waals surface area contributed by atoms with Crippen LogP contribution in [0.3, 0.4) is 0 Å². The summed E-state index contributed by atoms with van der Waals surface area (Å²) in [6.45, 7) is 8.64. The predicted molar refractivity (Wildman–Crippen MR) is 72.5 cm³/mol. The number of carbonyl (C=O) groups is 2. The van der Waals surface area contributed by atoms with Gasteiger partial charge in [0.05, 0.1) is 13.1 Å². The Morgan fingerprint density at radius 1 is 1.05 bits per heavy atom. The highest BCUT2D eigenvalue weighted by atomic mass is 16.2. The Morgan fingerprint density at radius 3 is 2.26 bits per heavy atom. The molecule has 2 aliphatic heterocycles. The number of nitrogens with one attached hydrogen (secondary N) is 1. The fourth-order valence-electron chi connectivity index (χ4n) is 2.48. The summed E-state index contributed by atoms with van der Waals surface area (Å²) in [6.07, 6.45) is 3.47. The van der Waals surface area contributed by atoms with Crippen LogP contribution in [0.2, 0.25) is 0 Å². The average molecular weight is 268 g/mol. The van der Waals surface area contributed by atoms with Crippen molar-refractivity contribution in [3.8, 4) is 0 Å². The van der Waals surface area contributed by atoms with Crippen LogP contribution in [0.5, 0.6) is 0 Å². The van der Waals surface area contributed by atoms with Crippen molar-refractivity contribution in [1.82, 2.24) is 20.2 Å². The Morgan fingerprint density at radius 2 is 1.68 bits per heavy atom. The highest BCUT2D eigenvalue weighted by Crippen LogP contribution is 2.17. The molecule has 0 aromatic rings. The SMILES string of the molecule is CC(C)(C)NC(=O)N1CCN(N2CCCCC2)C1=O. The van der Waals surface area contributed by atoms with E-state index < -0.39 is 0 Å². The van der Waals surface area contributed by atoms with Gasteiger partial charge in [-0.2, -0.15) is 0 Å². The first-order valence-electron chi connectivity index (χ1n) is 7.04. The molecule has 1 N–H and O–H groups in total. The van der Waals surface area contributed by atoms with Gasteiger partial charge in [0.1, 0.15) is 0 Å². The Labute approximate surface area is 114 Å². The summed E-state index contributed by atoms with van der Waals surface area (Å²) in [4.78, 5) is 25.6. The van der Waals surface area contributed by atoms with Crippen molar-refractivity contribution in [2.45, 2.75) is 45.6 Å². The maximum absolute atomic E-state index is 12.3. The lowest BCUT2D eigenvalue weighted by atomic mass is 10.1.